The minimum Gasteiger partial charge on any atom is -0.497 e. The van der Waals surface area contributed by atoms with E-state index in [2.05, 4.69) is 5.32 Å². The average Bonchev–Trinajstić information content (AvgIpc) is 2.78. The number of halogens is 3. The summed E-state index contributed by atoms with van der Waals surface area (Å²) in [6.07, 6.45) is -3.91. The van der Waals surface area contributed by atoms with Gasteiger partial charge in [-0.25, -0.2) is 8.42 Å². The summed E-state index contributed by atoms with van der Waals surface area (Å²) in [5, 5.41) is 2.79. The molecule has 0 saturated carbocycles. The standard InChI is InChI=1S/C25H32F3N3O5S/c1-17(23(33)29-24(2,3)4)30(15-18-10-12-21(36-5)13-11-18)22(32)16-31(37(6,34)35)20-9-7-8-19(14-20)25(26,27)28/h7-14,17H,15-16H2,1-6H3,(H,29,33). The monoisotopic (exact) mass is 543 g/mol. The molecule has 0 fully saturated rings. The van der Waals surface area contributed by atoms with Crippen molar-refractivity contribution in [2.24, 2.45) is 0 Å². The summed E-state index contributed by atoms with van der Waals surface area (Å²) >= 11 is 0. The van der Waals surface area contributed by atoms with Crippen molar-refractivity contribution in [1.82, 2.24) is 10.2 Å². The highest BCUT2D eigenvalue weighted by Crippen LogP contribution is 2.32. The Morgan fingerprint density at radius 3 is 2.14 bits per heavy atom. The van der Waals surface area contributed by atoms with Gasteiger partial charge < -0.3 is 15.0 Å². The number of rotatable bonds is 9. The maximum absolute atomic E-state index is 13.5. The van der Waals surface area contributed by atoms with Crippen molar-refractivity contribution in [3.8, 4) is 5.75 Å². The molecule has 204 valence electrons. The third kappa shape index (κ3) is 8.66. The lowest BCUT2D eigenvalue weighted by Gasteiger charge is -2.33. The lowest BCUT2D eigenvalue weighted by Crippen LogP contribution is -2.54. The summed E-state index contributed by atoms with van der Waals surface area (Å²) in [7, 11) is -2.67. The van der Waals surface area contributed by atoms with Crippen molar-refractivity contribution in [1.29, 1.82) is 0 Å². The lowest BCUT2D eigenvalue weighted by atomic mass is 10.1. The molecule has 2 aromatic carbocycles. The number of carbonyl (C=O) groups excluding carboxylic acids is 2. The number of hydrogen-bond acceptors (Lipinski definition) is 5. The zero-order valence-corrected chi connectivity index (χ0v) is 22.4. The van der Waals surface area contributed by atoms with E-state index in [0.717, 1.165) is 18.4 Å². The van der Waals surface area contributed by atoms with E-state index in [4.69, 9.17) is 4.74 Å². The molecule has 0 aliphatic carbocycles. The van der Waals surface area contributed by atoms with Crippen LogP contribution >= 0.6 is 0 Å². The second-order valence-electron chi connectivity index (χ2n) is 9.60. The fourth-order valence-electron chi connectivity index (χ4n) is 3.44. The smallest absolute Gasteiger partial charge is 0.416 e. The van der Waals surface area contributed by atoms with E-state index >= 15 is 0 Å². The van der Waals surface area contributed by atoms with Crippen molar-refractivity contribution >= 4 is 27.5 Å². The molecule has 0 radical (unpaired) electrons. The van der Waals surface area contributed by atoms with E-state index in [1.165, 1.54) is 25.0 Å². The van der Waals surface area contributed by atoms with Gasteiger partial charge in [0.15, 0.2) is 0 Å². The Morgan fingerprint density at radius 1 is 1.05 bits per heavy atom. The van der Waals surface area contributed by atoms with Crippen LogP contribution in [0.4, 0.5) is 18.9 Å². The van der Waals surface area contributed by atoms with Crippen molar-refractivity contribution < 1.29 is 35.9 Å². The number of carbonyl (C=O) groups is 2. The van der Waals surface area contributed by atoms with Crippen LogP contribution < -0.4 is 14.4 Å². The highest BCUT2D eigenvalue weighted by Gasteiger charge is 2.34. The van der Waals surface area contributed by atoms with Crippen LogP contribution in [0.3, 0.4) is 0 Å². The number of anilines is 1. The van der Waals surface area contributed by atoms with E-state index < -0.39 is 51.7 Å². The number of amides is 2. The SMILES string of the molecule is COc1ccc(CN(C(=O)CN(c2cccc(C(F)(F)F)c2)S(C)(=O)=O)C(C)C(=O)NC(C)(C)C)cc1. The van der Waals surface area contributed by atoms with E-state index in [9.17, 15) is 31.2 Å². The molecule has 8 nitrogen and oxygen atoms in total. The fraction of sp³-hybridized carbons (Fsp3) is 0.440. The van der Waals surface area contributed by atoms with Crippen LogP contribution in [0.15, 0.2) is 48.5 Å². The average molecular weight is 544 g/mol. The largest absolute Gasteiger partial charge is 0.497 e. The minimum absolute atomic E-state index is 0.0538. The summed E-state index contributed by atoms with van der Waals surface area (Å²) in [4.78, 5) is 27.6. The number of methoxy groups -OCH3 is 1. The molecule has 0 aliphatic heterocycles. The van der Waals surface area contributed by atoms with Gasteiger partial charge in [-0.1, -0.05) is 18.2 Å². The van der Waals surface area contributed by atoms with Crippen LogP contribution in [-0.4, -0.2) is 56.6 Å². The maximum atomic E-state index is 13.5. The first-order chi connectivity index (χ1) is 16.9. The molecule has 12 heteroatoms. The van der Waals surface area contributed by atoms with Gasteiger partial charge in [-0.3, -0.25) is 13.9 Å². The van der Waals surface area contributed by atoms with Gasteiger partial charge in [0.25, 0.3) is 0 Å². The van der Waals surface area contributed by atoms with Gasteiger partial charge in [0, 0.05) is 12.1 Å². The van der Waals surface area contributed by atoms with Crippen molar-refractivity contribution in [2.75, 3.05) is 24.2 Å². The highest BCUT2D eigenvalue weighted by atomic mass is 32.2. The molecule has 0 bridgehead atoms. The van der Waals surface area contributed by atoms with Crippen LogP contribution in [0.1, 0.15) is 38.8 Å². The second-order valence-corrected chi connectivity index (χ2v) is 11.5. The highest BCUT2D eigenvalue weighted by molar-refractivity contribution is 7.92. The zero-order valence-electron chi connectivity index (χ0n) is 21.6. The Bertz CT molecular complexity index is 1210. The summed E-state index contributed by atoms with van der Waals surface area (Å²) in [6.45, 7) is 5.95. The lowest BCUT2D eigenvalue weighted by molar-refractivity contribution is -0.140. The number of alkyl halides is 3. The molecule has 37 heavy (non-hydrogen) atoms. The number of ether oxygens (including phenoxy) is 1. The summed E-state index contributed by atoms with van der Waals surface area (Å²) < 4.78 is 70.6. The van der Waals surface area contributed by atoms with Gasteiger partial charge in [-0.2, -0.15) is 13.2 Å². The van der Waals surface area contributed by atoms with Crippen molar-refractivity contribution in [3.63, 3.8) is 0 Å². The normalized spacial score (nSPS) is 13.0. The van der Waals surface area contributed by atoms with E-state index in [-0.39, 0.29) is 12.2 Å². The van der Waals surface area contributed by atoms with Crippen LogP contribution in [0.5, 0.6) is 5.75 Å². The number of benzene rings is 2. The van der Waals surface area contributed by atoms with Crippen LogP contribution in [0, 0.1) is 0 Å². The van der Waals surface area contributed by atoms with Gasteiger partial charge in [0.1, 0.15) is 18.3 Å². The Kier molecular flexibility index (Phi) is 9.23. The molecule has 1 unspecified atom stereocenters. The molecule has 0 aliphatic rings. The molecular formula is C25H32F3N3O5S. The summed E-state index contributed by atoms with van der Waals surface area (Å²) in [5.74, 6) is -0.664. The Labute approximate surface area is 215 Å². The first-order valence-electron chi connectivity index (χ1n) is 11.3. The number of hydrogen-bond donors (Lipinski definition) is 1. The Hall–Kier alpha value is -3.28. The third-order valence-electron chi connectivity index (χ3n) is 5.32. The Balaban J connectivity index is 2.45. The van der Waals surface area contributed by atoms with Crippen molar-refractivity contribution in [3.05, 3.63) is 59.7 Å². The predicted octanol–water partition coefficient (Wildman–Crippen LogP) is 3.81. The molecule has 2 aromatic rings. The van der Waals surface area contributed by atoms with Gasteiger partial charge in [0.2, 0.25) is 21.8 Å². The maximum Gasteiger partial charge on any atom is 0.416 e. The fourth-order valence-corrected chi connectivity index (χ4v) is 4.28. The second kappa shape index (κ2) is 11.4. The van der Waals surface area contributed by atoms with Gasteiger partial charge in [-0.05, 0) is 63.6 Å². The number of nitrogens with zero attached hydrogens (tertiary/aromatic N) is 2. The van der Waals surface area contributed by atoms with E-state index in [1.807, 2.05) is 0 Å². The number of sulfonamides is 1. The van der Waals surface area contributed by atoms with Gasteiger partial charge >= 0.3 is 6.18 Å². The molecule has 0 aromatic heterocycles. The predicted molar refractivity (Wildman–Crippen MR) is 135 cm³/mol. The summed E-state index contributed by atoms with van der Waals surface area (Å²) in [5.41, 5.74) is -1.34. The molecule has 1 atom stereocenters. The zero-order chi connectivity index (χ0) is 28.2. The number of nitrogens with one attached hydrogen (secondary N) is 1. The van der Waals surface area contributed by atoms with Crippen LogP contribution in [0.25, 0.3) is 0 Å². The van der Waals surface area contributed by atoms with Gasteiger partial charge in [0.05, 0.1) is 24.6 Å². The molecule has 0 spiro atoms. The van der Waals surface area contributed by atoms with Crippen LogP contribution in [-0.2, 0) is 32.3 Å². The summed E-state index contributed by atoms with van der Waals surface area (Å²) in [6, 6.07) is 9.41. The first-order valence-corrected chi connectivity index (χ1v) is 13.2. The molecule has 0 saturated heterocycles. The topological polar surface area (TPSA) is 96.0 Å². The molecular weight excluding hydrogens is 511 g/mol. The first kappa shape index (κ1) is 29.9. The third-order valence-corrected chi connectivity index (χ3v) is 6.46. The van der Waals surface area contributed by atoms with E-state index in [1.54, 1.807) is 45.0 Å². The molecule has 2 rings (SSSR count). The minimum atomic E-state index is -4.71. The quantitative estimate of drug-likeness (QED) is 0.519. The van der Waals surface area contributed by atoms with Gasteiger partial charge in [-0.15, -0.1) is 0 Å². The van der Waals surface area contributed by atoms with Crippen LogP contribution in [0.2, 0.25) is 0 Å². The Morgan fingerprint density at radius 2 is 1.65 bits per heavy atom. The molecule has 0 heterocycles. The van der Waals surface area contributed by atoms with Crippen molar-refractivity contribution in [2.45, 2.75) is 52.0 Å². The molecule has 2 amide bonds. The van der Waals surface area contributed by atoms with E-state index in [0.29, 0.717) is 21.7 Å². The molecule has 1 N–H and O–H groups in total.